The van der Waals surface area contributed by atoms with Gasteiger partial charge in [0, 0.05) is 19.5 Å². The number of nitrogens with one attached hydrogen (secondary N) is 1. The van der Waals surface area contributed by atoms with Gasteiger partial charge in [-0.05, 0) is 6.07 Å². The van der Waals surface area contributed by atoms with E-state index >= 15 is 0 Å². The van der Waals surface area contributed by atoms with E-state index in [0.717, 1.165) is 0 Å². The van der Waals surface area contributed by atoms with Crippen molar-refractivity contribution in [2.75, 3.05) is 20.3 Å². The normalized spacial score (nSPS) is 12.7. The fourth-order valence-corrected chi connectivity index (χ4v) is 1.03. The molecule has 0 amide bonds. The van der Waals surface area contributed by atoms with Crippen LogP contribution >= 0.6 is 0 Å². The highest BCUT2D eigenvalue weighted by atomic mass is 16.5. The highest BCUT2D eigenvalue weighted by Gasteiger charge is 2.06. The Labute approximate surface area is 83.2 Å². The molecule has 2 N–H and O–H groups in total. The molecule has 0 bridgehead atoms. The quantitative estimate of drug-likeness (QED) is 0.648. The monoisotopic (exact) mass is 197 g/mol. The van der Waals surface area contributed by atoms with Crippen LogP contribution in [0.2, 0.25) is 0 Å². The molecule has 0 radical (unpaired) electrons. The molecule has 0 saturated carbocycles. The van der Waals surface area contributed by atoms with Crippen LogP contribution in [-0.4, -0.2) is 41.4 Å². The SMILES string of the molecule is COCC(CO)NCc1ncccn1. The molecule has 14 heavy (non-hydrogen) atoms. The maximum atomic E-state index is 8.95. The minimum atomic E-state index is -0.0659. The largest absolute Gasteiger partial charge is 0.395 e. The van der Waals surface area contributed by atoms with E-state index in [1.54, 1.807) is 25.6 Å². The average Bonchev–Trinajstić information content (AvgIpc) is 2.25. The Morgan fingerprint density at radius 1 is 1.50 bits per heavy atom. The number of aliphatic hydroxyl groups excluding tert-OH is 1. The number of hydrogen-bond acceptors (Lipinski definition) is 5. The van der Waals surface area contributed by atoms with Gasteiger partial charge in [0.25, 0.3) is 0 Å². The summed E-state index contributed by atoms with van der Waals surface area (Å²) in [7, 11) is 1.60. The summed E-state index contributed by atoms with van der Waals surface area (Å²) in [5, 5.41) is 12.0. The number of nitrogens with zero attached hydrogens (tertiary/aromatic N) is 2. The van der Waals surface area contributed by atoms with E-state index in [1.165, 1.54) is 0 Å². The van der Waals surface area contributed by atoms with Crippen molar-refractivity contribution in [3.63, 3.8) is 0 Å². The third kappa shape index (κ3) is 3.78. The molecule has 78 valence electrons. The van der Waals surface area contributed by atoms with Crippen LogP contribution in [0.3, 0.4) is 0 Å². The molecule has 0 spiro atoms. The van der Waals surface area contributed by atoms with Crippen molar-refractivity contribution in [2.24, 2.45) is 0 Å². The summed E-state index contributed by atoms with van der Waals surface area (Å²) in [5.41, 5.74) is 0. The molecule has 0 saturated heterocycles. The van der Waals surface area contributed by atoms with E-state index < -0.39 is 0 Å². The zero-order valence-electron chi connectivity index (χ0n) is 8.18. The Balaban J connectivity index is 2.32. The predicted molar refractivity (Wildman–Crippen MR) is 51.6 cm³/mol. The molecule has 0 aliphatic rings. The lowest BCUT2D eigenvalue weighted by atomic mass is 10.3. The summed E-state index contributed by atoms with van der Waals surface area (Å²) in [6.45, 7) is 1.05. The van der Waals surface area contributed by atoms with Gasteiger partial charge in [-0.1, -0.05) is 0 Å². The number of aromatic nitrogens is 2. The van der Waals surface area contributed by atoms with Crippen molar-refractivity contribution in [2.45, 2.75) is 12.6 Å². The van der Waals surface area contributed by atoms with Crippen molar-refractivity contribution in [3.05, 3.63) is 24.3 Å². The molecule has 1 heterocycles. The standard InChI is InChI=1S/C9H15N3O2/c1-14-7-8(6-13)12-5-9-10-3-2-4-11-9/h2-4,8,12-13H,5-7H2,1H3. The van der Waals surface area contributed by atoms with Crippen molar-refractivity contribution in [1.29, 1.82) is 0 Å². The van der Waals surface area contributed by atoms with Crippen LogP contribution in [0.25, 0.3) is 0 Å². The first-order chi connectivity index (χ1) is 6.86. The number of aliphatic hydroxyl groups is 1. The highest BCUT2D eigenvalue weighted by Crippen LogP contribution is 1.89. The fourth-order valence-electron chi connectivity index (χ4n) is 1.03. The Bertz CT molecular complexity index is 243. The first-order valence-electron chi connectivity index (χ1n) is 4.46. The van der Waals surface area contributed by atoms with E-state index in [2.05, 4.69) is 15.3 Å². The zero-order chi connectivity index (χ0) is 10.2. The van der Waals surface area contributed by atoms with E-state index in [9.17, 15) is 0 Å². The molecular weight excluding hydrogens is 182 g/mol. The maximum absolute atomic E-state index is 8.95. The summed E-state index contributed by atoms with van der Waals surface area (Å²) in [6, 6.07) is 1.70. The van der Waals surface area contributed by atoms with E-state index in [1.807, 2.05) is 0 Å². The Hall–Kier alpha value is -1.04. The van der Waals surface area contributed by atoms with Gasteiger partial charge in [-0.2, -0.15) is 0 Å². The molecule has 5 nitrogen and oxygen atoms in total. The molecule has 5 heteroatoms. The summed E-state index contributed by atoms with van der Waals surface area (Å²) < 4.78 is 4.92. The predicted octanol–water partition coefficient (Wildman–Crippen LogP) is -0.427. The second-order valence-corrected chi connectivity index (χ2v) is 2.88. The Morgan fingerprint density at radius 3 is 2.79 bits per heavy atom. The van der Waals surface area contributed by atoms with Crippen LogP contribution in [0.4, 0.5) is 0 Å². The smallest absolute Gasteiger partial charge is 0.141 e. The van der Waals surface area contributed by atoms with Gasteiger partial charge < -0.3 is 15.2 Å². The first-order valence-corrected chi connectivity index (χ1v) is 4.46. The Kier molecular flexibility index (Phi) is 5.06. The van der Waals surface area contributed by atoms with Gasteiger partial charge in [-0.15, -0.1) is 0 Å². The topological polar surface area (TPSA) is 67.3 Å². The third-order valence-electron chi connectivity index (χ3n) is 1.76. The van der Waals surface area contributed by atoms with Crippen molar-refractivity contribution >= 4 is 0 Å². The van der Waals surface area contributed by atoms with Crippen LogP contribution < -0.4 is 5.32 Å². The van der Waals surface area contributed by atoms with Crippen LogP contribution in [0, 0.1) is 0 Å². The van der Waals surface area contributed by atoms with Gasteiger partial charge in [0.2, 0.25) is 0 Å². The summed E-state index contributed by atoms with van der Waals surface area (Å²) in [5.74, 6) is 0.710. The van der Waals surface area contributed by atoms with Crippen molar-refractivity contribution in [3.8, 4) is 0 Å². The van der Waals surface area contributed by atoms with Crippen LogP contribution in [0.5, 0.6) is 0 Å². The van der Waals surface area contributed by atoms with Gasteiger partial charge in [0.15, 0.2) is 0 Å². The third-order valence-corrected chi connectivity index (χ3v) is 1.76. The minimum absolute atomic E-state index is 0.0423. The second kappa shape index (κ2) is 6.42. The van der Waals surface area contributed by atoms with Gasteiger partial charge in [0.1, 0.15) is 5.82 Å². The lowest BCUT2D eigenvalue weighted by Gasteiger charge is -2.13. The molecule has 0 aliphatic heterocycles. The van der Waals surface area contributed by atoms with E-state index in [4.69, 9.17) is 9.84 Å². The molecule has 0 aliphatic carbocycles. The molecule has 1 rings (SSSR count). The molecule has 0 fully saturated rings. The minimum Gasteiger partial charge on any atom is -0.395 e. The second-order valence-electron chi connectivity index (χ2n) is 2.88. The lowest BCUT2D eigenvalue weighted by Crippen LogP contribution is -2.36. The lowest BCUT2D eigenvalue weighted by molar-refractivity contribution is 0.127. The number of hydrogen-bond donors (Lipinski definition) is 2. The van der Waals surface area contributed by atoms with Crippen LogP contribution in [-0.2, 0) is 11.3 Å². The number of methoxy groups -OCH3 is 1. The van der Waals surface area contributed by atoms with Gasteiger partial charge >= 0.3 is 0 Å². The molecular formula is C9H15N3O2. The first kappa shape index (κ1) is 11.0. The van der Waals surface area contributed by atoms with Crippen molar-refractivity contribution in [1.82, 2.24) is 15.3 Å². The number of rotatable bonds is 6. The maximum Gasteiger partial charge on any atom is 0.141 e. The fraction of sp³-hybridized carbons (Fsp3) is 0.556. The van der Waals surface area contributed by atoms with E-state index in [0.29, 0.717) is 19.0 Å². The average molecular weight is 197 g/mol. The molecule has 0 aromatic carbocycles. The summed E-state index contributed by atoms with van der Waals surface area (Å²) in [4.78, 5) is 8.10. The van der Waals surface area contributed by atoms with Crippen molar-refractivity contribution < 1.29 is 9.84 Å². The Morgan fingerprint density at radius 2 is 2.21 bits per heavy atom. The van der Waals surface area contributed by atoms with Gasteiger partial charge in [-0.25, -0.2) is 9.97 Å². The van der Waals surface area contributed by atoms with Gasteiger partial charge in [-0.3, -0.25) is 0 Å². The van der Waals surface area contributed by atoms with Crippen LogP contribution in [0.1, 0.15) is 5.82 Å². The van der Waals surface area contributed by atoms with Crippen LogP contribution in [0.15, 0.2) is 18.5 Å². The van der Waals surface area contributed by atoms with Gasteiger partial charge in [0.05, 0.1) is 25.8 Å². The number of ether oxygens (including phenoxy) is 1. The summed E-state index contributed by atoms with van der Waals surface area (Å²) in [6.07, 6.45) is 3.38. The molecule has 1 unspecified atom stereocenters. The zero-order valence-corrected chi connectivity index (χ0v) is 8.18. The van der Waals surface area contributed by atoms with E-state index in [-0.39, 0.29) is 12.6 Å². The summed E-state index contributed by atoms with van der Waals surface area (Å²) >= 11 is 0. The highest BCUT2D eigenvalue weighted by molar-refractivity contribution is 4.88. The molecule has 1 aromatic heterocycles. The molecule has 1 atom stereocenters. The molecule has 1 aromatic rings.